The van der Waals surface area contributed by atoms with Crippen molar-refractivity contribution < 1.29 is 33.3 Å². The molecule has 0 radical (unpaired) electrons. The smallest absolute Gasteiger partial charge is 0.337 e. The topological polar surface area (TPSA) is 92.3 Å². The molecule has 2 aliphatic carbocycles. The lowest BCUT2D eigenvalue weighted by molar-refractivity contribution is -0.144. The van der Waals surface area contributed by atoms with Crippen molar-refractivity contribution in [3.63, 3.8) is 0 Å². The van der Waals surface area contributed by atoms with Gasteiger partial charge in [0.2, 0.25) is 0 Å². The number of esters is 1. The molecule has 1 N–H and O–H groups in total. The Balaban J connectivity index is 1.59. The molecule has 1 fully saturated rings. The fourth-order valence-electron chi connectivity index (χ4n) is 6.42. The highest BCUT2D eigenvalue weighted by molar-refractivity contribution is 9.10. The molecular formula is C33H38BrNO7. The highest BCUT2D eigenvalue weighted by atomic mass is 79.9. The minimum atomic E-state index is -0.615. The summed E-state index contributed by atoms with van der Waals surface area (Å²) in [6.07, 6.45) is 4.61. The van der Waals surface area contributed by atoms with Crippen molar-refractivity contribution in [2.75, 3.05) is 27.9 Å². The molecule has 224 valence electrons. The van der Waals surface area contributed by atoms with E-state index in [0.717, 1.165) is 42.5 Å². The second-order valence-electron chi connectivity index (χ2n) is 10.9. The van der Waals surface area contributed by atoms with Crippen LogP contribution in [0.3, 0.4) is 0 Å². The Morgan fingerprint density at radius 1 is 0.952 bits per heavy atom. The molecule has 3 aliphatic rings. The van der Waals surface area contributed by atoms with Crippen molar-refractivity contribution in [1.29, 1.82) is 0 Å². The first-order chi connectivity index (χ1) is 20.3. The Morgan fingerprint density at radius 3 is 2.33 bits per heavy atom. The Hall–Kier alpha value is -3.46. The lowest BCUT2D eigenvalue weighted by atomic mass is 9.71. The molecule has 8 nitrogen and oxygen atoms in total. The fraction of sp³-hybridized carbons (Fsp3) is 0.455. The molecule has 9 heteroatoms. The van der Waals surface area contributed by atoms with Gasteiger partial charge >= 0.3 is 5.97 Å². The van der Waals surface area contributed by atoms with E-state index in [2.05, 4.69) is 21.2 Å². The summed E-state index contributed by atoms with van der Waals surface area (Å²) in [7, 11) is 4.79. The average molecular weight is 641 g/mol. The number of rotatable bonds is 9. The number of ketones is 1. The van der Waals surface area contributed by atoms with Crippen LogP contribution < -0.4 is 24.3 Å². The molecular weight excluding hydrogens is 602 g/mol. The highest BCUT2D eigenvalue weighted by Gasteiger charge is 2.42. The van der Waals surface area contributed by atoms with Gasteiger partial charge in [-0.15, -0.1) is 0 Å². The number of carbonyl (C=O) groups is 2. The van der Waals surface area contributed by atoms with Gasteiger partial charge in [-0.2, -0.15) is 0 Å². The summed E-state index contributed by atoms with van der Waals surface area (Å²) in [6.45, 7) is 4.22. The molecule has 5 rings (SSSR count). The van der Waals surface area contributed by atoms with Crippen LogP contribution in [-0.2, 0) is 14.3 Å². The van der Waals surface area contributed by atoms with Crippen molar-refractivity contribution in [2.24, 2.45) is 0 Å². The molecule has 1 heterocycles. The third-order valence-corrected chi connectivity index (χ3v) is 8.96. The fourth-order valence-corrected chi connectivity index (χ4v) is 7.04. The number of halogens is 1. The summed E-state index contributed by atoms with van der Waals surface area (Å²) >= 11 is 3.63. The first kappa shape index (κ1) is 30.0. The number of ether oxygens (including phenoxy) is 5. The van der Waals surface area contributed by atoms with Crippen LogP contribution in [0.1, 0.15) is 75.3 Å². The SMILES string of the molecule is CCOc1cc([C@H]2C(C(=O)OC3CCCC3)=C(C)NC3=C2C(=O)C[C@@H](c2ccc(OC)c(OC)c2)C3)cc(Br)c1OC. The molecule has 0 spiro atoms. The van der Waals surface area contributed by atoms with Gasteiger partial charge in [-0.05, 0) is 103 Å². The van der Waals surface area contributed by atoms with E-state index in [1.807, 2.05) is 44.2 Å². The zero-order valence-corrected chi connectivity index (χ0v) is 26.4. The number of carbonyl (C=O) groups excluding carboxylic acids is 2. The maximum Gasteiger partial charge on any atom is 0.337 e. The summed E-state index contributed by atoms with van der Waals surface area (Å²) in [5.74, 6) is 1.27. The van der Waals surface area contributed by atoms with Gasteiger partial charge in [0.15, 0.2) is 28.8 Å². The third-order valence-electron chi connectivity index (χ3n) is 8.37. The number of Topliss-reactive ketones (excluding diaryl/α,β-unsaturated/α-hetero) is 1. The first-order valence-corrected chi connectivity index (χ1v) is 15.3. The number of hydrogen-bond acceptors (Lipinski definition) is 8. The van der Waals surface area contributed by atoms with E-state index in [9.17, 15) is 9.59 Å². The quantitative estimate of drug-likeness (QED) is 0.302. The van der Waals surface area contributed by atoms with Gasteiger partial charge in [-0.1, -0.05) is 6.07 Å². The van der Waals surface area contributed by atoms with Crippen LogP contribution in [0.15, 0.2) is 57.3 Å². The Bertz CT molecular complexity index is 1440. The van der Waals surface area contributed by atoms with E-state index >= 15 is 0 Å². The molecule has 0 amide bonds. The van der Waals surface area contributed by atoms with Crippen LogP contribution in [0.25, 0.3) is 0 Å². The van der Waals surface area contributed by atoms with E-state index in [-0.39, 0.29) is 23.8 Å². The normalized spacial score (nSPS) is 20.7. The van der Waals surface area contributed by atoms with E-state index in [1.54, 1.807) is 21.3 Å². The van der Waals surface area contributed by atoms with Gasteiger partial charge in [0.05, 0.1) is 38.0 Å². The number of benzene rings is 2. The van der Waals surface area contributed by atoms with Crippen LogP contribution in [0.5, 0.6) is 23.0 Å². The van der Waals surface area contributed by atoms with Crippen LogP contribution in [0, 0.1) is 0 Å². The maximum atomic E-state index is 14.1. The second-order valence-corrected chi connectivity index (χ2v) is 11.8. The predicted octanol–water partition coefficient (Wildman–Crippen LogP) is 6.72. The number of allylic oxidation sites excluding steroid dienone is 3. The first-order valence-electron chi connectivity index (χ1n) is 14.5. The Kier molecular flexibility index (Phi) is 9.16. The van der Waals surface area contributed by atoms with Gasteiger partial charge in [0.1, 0.15) is 6.10 Å². The molecule has 1 saturated carbocycles. The summed E-state index contributed by atoms with van der Waals surface area (Å²) in [6, 6.07) is 9.56. The minimum Gasteiger partial charge on any atom is -0.493 e. The van der Waals surface area contributed by atoms with Crippen molar-refractivity contribution in [3.05, 3.63) is 68.5 Å². The monoisotopic (exact) mass is 639 g/mol. The van der Waals surface area contributed by atoms with E-state index in [0.29, 0.717) is 63.8 Å². The summed E-state index contributed by atoms with van der Waals surface area (Å²) in [5, 5.41) is 3.45. The van der Waals surface area contributed by atoms with Crippen LogP contribution in [0.2, 0.25) is 0 Å². The van der Waals surface area contributed by atoms with E-state index in [1.165, 1.54) is 0 Å². The lowest BCUT2D eigenvalue weighted by Gasteiger charge is -2.37. The molecule has 0 bridgehead atoms. The van der Waals surface area contributed by atoms with Crippen molar-refractivity contribution >= 4 is 27.7 Å². The lowest BCUT2D eigenvalue weighted by Crippen LogP contribution is -2.36. The summed E-state index contributed by atoms with van der Waals surface area (Å²) in [4.78, 5) is 27.9. The average Bonchev–Trinajstić information content (AvgIpc) is 3.48. The van der Waals surface area contributed by atoms with Gasteiger partial charge in [0, 0.05) is 29.3 Å². The zero-order valence-electron chi connectivity index (χ0n) is 24.8. The largest absolute Gasteiger partial charge is 0.493 e. The second kappa shape index (κ2) is 12.8. The van der Waals surface area contributed by atoms with Gasteiger partial charge in [-0.3, -0.25) is 4.79 Å². The standard InChI is InChI=1S/C33H38BrNO7/c1-6-41-28-17-21(13-23(34)32(28)40-5)30-29(33(37)42-22-9-7-8-10-22)18(2)35-24-14-20(15-25(36)31(24)30)19-11-12-26(38-3)27(16-19)39-4/h11-13,16-17,20,22,30,35H,6-10,14-15H2,1-5H3/t20-,30-/m0/s1. The van der Waals surface area contributed by atoms with Crippen LogP contribution >= 0.6 is 15.9 Å². The van der Waals surface area contributed by atoms with Gasteiger partial charge in [-0.25, -0.2) is 4.79 Å². The number of methoxy groups -OCH3 is 3. The summed E-state index contributed by atoms with van der Waals surface area (Å²) < 4.78 is 29.1. The molecule has 2 atom stereocenters. The van der Waals surface area contributed by atoms with Crippen molar-refractivity contribution in [1.82, 2.24) is 5.32 Å². The molecule has 1 aliphatic heterocycles. The van der Waals surface area contributed by atoms with Crippen molar-refractivity contribution in [3.8, 4) is 23.0 Å². The molecule has 2 aromatic carbocycles. The third kappa shape index (κ3) is 5.76. The predicted molar refractivity (Wildman–Crippen MR) is 162 cm³/mol. The summed E-state index contributed by atoms with van der Waals surface area (Å²) in [5.41, 5.74) is 4.30. The maximum absolute atomic E-state index is 14.1. The van der Waals surface area contributed by atoms with E-state index < -0.39 is 5.92 Å². The van der Waals surface area contributed by atoms with E-state index in [4.69, 9.17) is 23.7 Å². The molecule has 42 heavy (non-hydrogen) atoms. The Labute approximate surface area is 255 Å². The van der Waals surface area contributed by atoms with Crippen LogP contribution in [-0.4, -0.2) is 45.8 Å². The molecule has 0 unspecified atom stereocenters. The van der Waals surface area contributed by atoms with Crippen molar-refractivity contribution in [2.45, 2.75) is 70.3 Å². The van der Waals surface area contributed by atoms with Gasteiger partial charge < -0.3 is 29.0 Å². The van der Waals surface area contributed by atoms with Gasteiger partial charge in [0.25, 0.3) is 0 Å². The minimum absolute atomic E-state index is 0.0166. The zero-order chi connectivity index (χ0) is 30.0. The number of nitrogens with one attached hydrogen (secondary N) is 1. The number of dihydropyridines is 1. The number of hydrogen-bond donors (Lipinski definition) is 1. The molecule has 2 aromatic rings. The molecule has 0 aromatic heterocycles. The van der Waals surface area contributed by atoms with Crippen LogP contribution in [0.4, 0.5) is 0 Å². The highest BCUT2D eigenvalue weighted by Crippen LogP contribution is 2.49. The molecule has 0 saturated heterocycles. The Morgan fingerprint density at radius 2 is 1.67 bits per heavy atom.